The van der Waals surface area contributed by atoms with E-state index in [0.717, 1.165) is 4.88 Å². The van der Waals surface area contributed by atoms with Crippen LogP contribution in [-0.2, 0) is 6.54 Å². The molecule has 0 bridgehead atoms. The fraction of sp³-hybridized carbons (Fsp3) is 0.0833. The molecule has 2 aromatic rings. The lowest BCUT2D eigenvalue weighted by molar-refractivity contribution is 0.0697. The maximum atomic E-state index is 13.2. The Morgan fingerprint density at radius 1 is 1.32 bits per heavy atom. The molecule has 2 N–H and O–H groups in total. The molecule has 0 amide bonds. The van der Waals surface area contributed by atoms with Gasteiger partial charge in [0.05, 0.1) is 15.6 Å². The minimum absolute atomic E-state index is 0.0626. The van der Waals surface area contributed by atoms with E-state index in [4.69, 9.17) is 28.3 Å². The van der Waals surface area contributed by atoms with E-state index < -0.39 is 11.8 Å². The van der Waals surface area contributed by atoms with E-state index in [-0.39, 0.29) is 15.6 Å². The van der Waals surface area contributed by atoms with E-state index in [1.54, 1.807) is 11.4 Å². The van der Waals surface area contributed by atoms with Crippen molar-refractivity contribution >= 4 is 46.2 Å². The highest BCUT2D eigenvalue weighted by molar-refractivity contribution is 7.10. The minimum atomic E-state index is -0.963. The molecule has 0 saturated carbocycles. The zero-order valence-electron chi connectivity index (χ0n) is 9.41. The molecule has 1 aromatic carbocycles. The minimum Gasteiger partial charge on any atom is -0.478 e. The first-order valence-corrected chi connectivity index (χ1v) is 6.80. The van der Waals surface area contributed by atoms with Crippen molar-refractivity contribution in [1.82, 2.24) is 0 Å². The number of nitrogens with one attached hydrogen (secondary N) is 1. The summed E-state index contributed by atoms with van der Waals surface area (Å²) < 4.78 is 13.2. The highest BCUT2D eigenvalue weighted by atomic mass is 35.5. The largest absolute Gasteiger partial charge is 0.478 e. The smallest absolute Gasteiger partial charge is 0.336 e. The molecule has 3 nitrogen and oxygen atoms in total. The van der Waals surface area contributed by atoms with Gasteiger partial charge in [-0.3, -0.25) is 0 Å². The lowest BCUT2D eigenvalue weighted by atomic mass is 10.3. The number of halogens is 3. The standard InChI is InChI=1S/C12H8Cl2FNO2S/c13-9-2-7(3-10(14)11(9)15)16-4-8-1-6(5-19-8)12(17)18/h1-3,5,16H,4H2,(H,17,18). The summed E-state index contributed by atoms with van der Waals surface area (Å²) >= 11 is 12.7. The molecule has 0 atom stereocenters. The van der Waals surface area contributed by atoms with Gasteiger partial charge >= 0.3 is 5.97 Å². The lowest BCUT2D eigenvalue weighted by Gasteiger charge is -2.07. The predicted octanol–water partition coefficient (Wildman–Crippen LogP) is 4.50. The highest BCUT2D eigenvalue weighted by Crippen LogP contribution is 2.28. The number of thiophene rings is 1. The molecule has 7 heteroatoms. The molecular weight excluding hydrogens is 312 g/mol. The Balaban J connectivity index is 2.08. The Morgan fingerprint density at radius 3 is 2.47 bits per heavy atom. The van der Waals surface area contributed by atoms with Crippen LogP contribution in [0.2, 0.25) is 10.0 Å². The van der Waals surface area contributed by atoms with E-state index in [2.05, 4.69) is 5.32 Å². The van der Waals surface area contributed by atoms with Crippen molar-refractivity contribution in [1.29, 1.82) is 0 Å². The van der Waals surface area contributed by atoms with Crippen LogP contribution in [0.3, 0.4) is 0 Å². The number of aromatic carboxylic acids is 1. The first kappa shape index (κ1) is 14.1. The lowest BCUT2D eigenvalue weighted by Crippen LogP contribution is -1.98. The van der Waals surface area contributed by atoms with E-state index in [0.29, 0.717) is 12.2 Å². The van der Waals surface area contributed by atoms with E-state index in [1.165, 1.54) is 23.5 Å². The van der Waals surface area contributed by atoms with Gasteiger partial charge in [-0.2, -0.15) is 0 Å². The average Bonchev–Trinajstić information content (AvgIpc) is 2.82. The first-order chi connectivity index (χ1) is 8.97. The van der Waals surface area contributed by atoms with Gasteiger partial charge in [0.1, 0.15) is 0 Å². The Kier molecular flexibility index (Phi) is 4.29. The van der Waals surface area contributed by atoms with Crippen molar-refractivity contribution in [2.24, 2.45) is 0 Å². The molecule has 0 fully saturated rings. The van der Waals surface area contributed by atoms with Gasteiger partial charge in [0.15, 0.2) is 5.82 Å². The Hall–Kier alpha value is -1.30. The van der Waals surface area contributed by atoms with Gasteiger partial charge < -0.3 is 10.4 Å². The maximum absolute atomic E-state index is 13.2. The summed E-state index contributed by atoms with van der Waals surface area (Å²) in [7, 11) is 0. The molecular formula is C12H8Cl2FNO2S. The number of carbonyl (C=O) groups is 1. The van der Waals surface area contributed by atoms with Crippen LogP contribution in [0.1, 0.15) is 15.2 Å². The van der Waals surface area contributed by atoms with Crippen LogP contribution in [0, 0.1) is 5.82 Å². The zero-order chi connectivity index (χ0) is 14.0. The van der Waals surface area contributed by atoms with Crippen LogP contribution in [0.5, 0.6) is 0 Å². The van der Waals surface area contributed by atoms with E-state index >= 15 is 0 Å². The predicted molar refractivity (Wildman–Crippen MR) is 75.0 cm³/mol. The number of carboxylic acid groups (broad SMARTS) is 1. The molecule has 1 aromatic heterocycles. The topological polar surface area (TPSA) is 49.3 Å². The van der Waals surface area contributed by atoms with Crippen molar-refractivity contribution in [3.8, 4) is 0 Å². The quantitative estimate of drug-likeness (QED) is 0.815. The van der Waals surface area contributed by atoms with Gasteiger partial charge in [-0.1, -0.05) is 23.2 Å². The summed E-state index contributed by atoms with van der Waals surface area (Å²) in [6, 6.07) is 4.43. The van der Waals surface area contributed by atoms with Crippen molar-refractivity contribution in [2.45, 2.75) is 6.54 Å². The Morgan fingerprint density at radius 2 is 1.95 bits per heavy atom. The number of carboxylic acids is 1. The van der Waals surface area contributed by atoms with Crippen LogP contribution in [0.15, 0.2) is 23.6 Å². The second kappa shape index (κ2) is 5.77. The van der Waals surface area contributed by atoms with Gasteiger partial charge in [-0.25, -0.2) is 9.18 Å². The highest BCUT2D eigenvalue weighted by Gasteiger charge is 2.09. The molecule has 0 aliphatic heterocycles. The fourth-order valence-electron chi connectivity index (χ4n) is 1.43. The third kappa shape index (κ3) is 3.37. The summed E-state index contributed by atoms with van der Waals surface area (Å²) in [5, 5.41) is 13.2. The van der Waals surface area contributed by atoms with Gasteiger partial charge in [-0.05, 0) is 18.2 Å². The van der Waals surface area contributed by atoms with Crippen molar-refractivity contribution < 1.29 is 14.3 Å². The second-order valence-electron chi connectivity index (χ2n) is 3.71. The van der Waals surface area contributed by atoms with Crippen molar-refractivity contribution in [3.63, 3.8) is 0 Å². The van der Waals surface area contributed by atoms with Crippen molar-refractivity contribution in [3.05, 3.63) is 49.9 Å². The number of rotatable bonds is 4. The van der Waals surface area contributed by atoms with Gasteiger partial charge in [0, 0.05) is 22.5 Å². The number of anilines is 1. The molecule has 100 valence electrons. The first-order valence-electron chi connectivity index (χ1n) is 5.16. The van der Waals surface area contributed by atoms with Gasteiger partial charge in [-0.15, -0.1) is 11.3 Å². The van der Waals surface area contributed by atoms with Crippen LogP contribution < -0.4 is 5.32 Å². The van der Waals surface area contributed by atoms with Crippen LogP contribution in [0.4, 0.5) is 10.1 Å². The summed E-state index contributed by atoms with van der Waals surface area (Å²) in [6.07, 6.45) is 0. The monoisotopic (exact) mass is 319 g/mol. The average molecular weight is 320 g/mol. The molecule has 0 aliphatic rings. The summed E-state index contributed by atoms with van der Waals surface area (Å²) in [4.78, 5) is 11.6. The van der Waals surface area contributed by atoms with Crippen LogP contribution >= 0.6 is 34.5 Å². The summed E-state index contributed by atoms with van der Waals surface area (Å²) in [5.74, 6) is -1.62. The van der Waals surface area contributed by atoms with Crippen molar-refractivity contribution in [2.75, 3.05) is 5.32 Å². The normalized spacial score (nSPS) is 10.5. The number of hydrogen-bond donors (Lipinski definition) is 2. The molecule has 0 unspecified atom stereocenters. The molecule has 2 rings (SSSR count). The number of benzene rings is 1. The third-order valence-corrected chi connectivity index (χ3v) is 3.84. The Bertz CT molecular complexity index is 607. The van der Waals surface area contributed by atoms with E-state index in [9.17, 15) is 9.18 Å². The van der Waals surface area contributed by atoms with Crippen LogP contribution in [-0.4, -0.2) is 11.1 Å². The maximum Gasteiger partial charge on any atom is 0.336 e. The molecule has 0 radical (unpaired) electrons. The summed E-state index contributed by atoms with van der Waals surface area (Å²) in [5.41, 5.74) is 0.818. The molecule has 19 heavy (non-hydrogen) atoms. The second-order valence-corrected chi connectivity index (χ2v) is 5.52. The molecule has 0 saturated heterocycles. The van der Waals surface area contributed by atoms with E-state index in [1.807, 2.05) is 0 Å². The molecule has 0 spiro atoms. The number of hydrogen-bond acceptors (Lipinski definition) is 3. The molecule has 0 aliphatic carbocycles. The van der Waals surface area contributed by atoms with Gasteiger partial charge in [0.25, 0.3) is 0 Å². The third-order valence-electron chi connectivity index (χ3n) is 2.35. The molecule has 1 heterocycles. The fourth-order valence-corrected chi connectivity index (χ4v) is 2.72. The Labute approximate surface area is 122 Å². The van der Waals surface area contributed by atoms with Crippen LogP contribution in [0.25, 0.3) is 0 Å². The van der Waals surface area contributed by atoms with Gasteiger partial charge in [0.2, 0.25) is 0 Å². The summed E-state index contributed by atoms with van der Waals surface area (Å²) in [6.45, 7) is 0.413. The SMILES string of the molecule is O=C(O)c1csc(CNc2cc(Cl)c(F)c(Cl)c2)c1. The zero-order valence-corrected chi connectivity index (χ0v) is 11.7.